The van der Waals surface area contributed by atoms with Gasteiger partial charge in [0.05, 0.1) is 12.6 Å². The first-order valence-corrected chi connectivity index (χ1v) is 9.45. The number of nitrogens with one attached hydrogen (secondary N) is 1. The van der Waals surface area contributed by atoms with Gasteiger partial charge in [-0.05, 0) is 53.6 Å². The number of ether oxygens (including phenoxy) is 1. The molecule has 7 nitrogen and oxygen atoms in total. The minimum absolute atomic E-state index is 0.244. The van der Waals surface area contributed by atoms with Crippen LogP contribution in [0, 0.1) is 5.82 Å². The largest absolute Gasteiger partial charge is 0.464 e. The van der Waals surface area contributed by atoms with Crippen molar-refractivity contribution < 1.29 is 13.9 Å². The van der Waals surface area contributed by atoms with Gasteiger partial charge in [0.15, 0.2) is 5.69 Å². The van der Waals surface area contributed by atoms with Crippen molar-refractivity contribution in [1.82, 2.24) is 19.4 Å². The Morgan fingerprint density at radius 3 is 2.74 bits per heavy atom. The van der Waals surface area contributed by atoms with Crippen LogP contribution in [-0.4, -0.2) is 32.4 Å². The van der Waals surface area contributed by atoms with E-state index in [0.29, 0.717) is 17.2 Å². The Kier molecular flexibility index (Phi) is 4.51. The normalized spacial score (nSPS) is 11.0. The number of hydrogen-bond acceptors (Lipinski definition) is 6. The lowest BCUT2D eigenvalue weighted by atomic mass is 10.1. The van der Waals surface area contributed by atoms with E-state index < -0.39 is 5.97 Å². The van der Waals surface area contributed by atoms with Crippen LogP contribution in [0.5, 0.6) is 0 Å². The molecule has 3 heterocycles. The van der Waals surface area contributed by atoms with Crippen molar-refractivity contribution in [1.29, 1.82) is 0 Å². The van der Waals surface area contributed by atoms with E-state index in [1.807, 2.05) is 36.5 Å². The van der Waals surface area contributed by atoms with Gasteiger partial charge in [0.1, 0.15) is 23.6 Å². The van der Waals surface area contributed by atoms with Crippen LogP contribution in [0.1, 0.15) is 10.5 Å². The van der Waals surface area contributed by atoms with E-state index in [9.17, 15) is 9.18 Å². The number of carbonyl (C=O) groups excluding carboxylic acids is 1. The molecule has 0 aliphatic heterocycles. The number of anilines is 2. The Balaban J connectivity index is 1.56. The van der Waals surface area contributed by atoms with E-state index in [-0.39, 0.29) is 11.5 Å². The molecule has 0 radical (unpaired) electrons. The first kappa shape index (κ1) is 18.7. The van der Waals surface area contributed by atoms with Crippen LogP contribution < -0.4 is 5.32 Å². The molecule has 5 aromatic rings. The van der Waals surface area contributed by atoms with E-state index in [2.05, 4.69) is 20.3 Å². The van der Waals surface area contributed by atoms with E-state index in [1.165, 1.54) is 25.6 Å². The van der Waals surface area contributed by atoms with Crippen molar-refractivity contribution in [2.45, 2.75) is 0 Å². The summed E-state index contributed by atoms with van der Waals surface area (Å²) >= 11 is 0. The molecule has 0 unspecified atom stereocenters. The van der Waals surface area contributed by atoms with Crippen LogP contribution in [0.25, 0.3) is 27.7 Å². The summed E-state index contributed by atoms with van der Waals surface area (Å²) < 4.78 is 20.1. The van der Waals surface area contributed by atoms with Crippen LogP contribution in [0.4, 0.5) is 15.9 Å². The lowest BCUT2D eigenvalue weighted by Gasteiger charge is -2.10. The third-order valence-electron chi connectivity index (χ3n) is 4.90. The maximum atomic E-state index is 13.6. The van der Waals surface area contributed by atoms with Gasteiger partial charge >= 0.3 is 5.97 Å². The van der Waals surface area contributed by atoms with Gasteiger partial charge in [-0.25, -0.2) is 24.1 Å². The van der Waals surface area contributed by atoms with Gasteiger partial charge in [-0.15, -0.1) is 0 Å². The Morgan fingerprint density at radius 1 is 1.03 bits per heavy atom. The molecule has 0 bridgehead atoms. The van der Waals surface area contributed by atoms with E-state index in [0.717, 1.165) is 22.0 Å². The second-order valence-corrected chi connectivity index (χ2v) is 6.89. The Morgan fingerprint density at radius 2 is 1.90 bits per heavy atom. The second kappa shape index (κ2) is 7.49. The van der Waals surface area contributed by atoms with E-state index in [1.54, 1.807) is 22.7 Å². The maximum absolute atomic E-state index is 13.6. The predicted molar refractivity (Wildman–Crippen MR) is 115 cm³/mol. The van der Waals surface area contributed by atoms with Gasteiger partial charge in [0.25, 0.3) is 0 Å². The van der Waals surface area contributed by atoms with Crippen molar-refractivity contribution in [3.05, 3.63) is 84.8 Å². The van der Waals surface area contributed by atoms with Gasteiger partial charge in [0, 0.05) is 23.5 Å². The summed E-state index contributed by atoms with van der Waals surface area (Å²) in [4.78, 5) is 24.7. The highest BCUT2D eigenvalue weighted by atomic mass is 19.1. The molecule has 0 saturated heterocycles. The highest BCUT2D eigenvalue weighted by molar-refractivity contribution is 5.94. The van der Waals surface area contributed by atoms with E-state index in [4.69, 9.17) is 4.74 Å². The molecule has 0 atom stereocenters. The Labute approximate surface area is 176 Å². The first-order valence-electron chi connectivity index (χ1n) is 9.45. The fourth-order valence-corrected chi connectivity index (χ4v) is 3.40. The van der Waals surface area contributed by atoms with Gasteiger partial charge in [-0.2, -0.15) is 0 Å². The zero-order valence-corrected chi connectivity index (χ0v) is 16.4. The molecule has 1 N–H and O–H groups in total. The van der Waals surface area contributed by atoms with Crippen molar-refractivity contribution in [2.24, 2.45) is 0 Å². The molecule has 3 aromatic heterocycles. The number of halogens is 1. The summed E-state index contributed by atoms with van der Waals surface area (Å²) in [5, 5.41) is 3.96. The highest BCUT2D eigenvalue weighted by Gasteiger charge is 2.12. The number of benzene rings is 2. The topological polar surface area (TPSA) is 81.4 Å². The molecule has 0 saturated carbocycles. The number of imidazole rings is 1. The van der Waals surface area contributed by atoms with Gasteiger partial charge in [-0.1, -0.05) is 12.1 Å². The van der Waals surface area contributed by atoms with Gasteiger partial charge in [0.2, 0.25) is 0 Å². The zero-order valence-electron chi connectivity index (χ0n) is 16.4. The summed E-state index contributed by atoms with van der Waals surface area (Å²) in [5.41, 5.74) is 4.09. The van der Waals surface area contributed by atoms with Crippen molar-refractivity contribution in [3.8, 4) is 11.1 Å². The molecular formula is C23H16FN5O2. The van der Waals surface area contributed by atoms with Crippen LogP contribution in [0.15, 0.2) is 73.3 Å². The number of carbonyl (C=O) groups is 1. The van der Waals surface area contributed by atoms with Crippen LogP contribution in [0.3, 0.4) is 0 Å². The smallest absolute Gasteiger partial charge is 0.358 e. The van der Waals surface area contributed by atoms with Gasteiger partial charge in [-0.3, -0.25) is 0 Å². The number of pyridine rings is 1. The molecule has 5 rings (SSSR count). The molecule has 152 valence electrons. The molecule has 0 aliphatic carbocycles. The molecule has 8 heteroatoms. The van der Waals surface area contributed by atoms with E-state index >= 15 is 0 Å². The fourth-order valence-electron chi connectivity index (χ4n) is 3.40. The molecule has 2 aromatic carbocycles. The number of nitrogens with zero attached hydrogens (tertiary/aromatic N) is 4. The molecule has 0 fully saturated rings. The highest BCUT2D eigenvalue weighted by Crippen LogP contribution is 2.29. The summed E-state index contributed by atoms with van der Waals surface area (Å²) in [6.45, 7) is 0. The summed E-state index contributed by atoms with van der Waals surface area (Å²) in [5.74, 6) is -0.237. The van der Waals surface area contributed by atoms with Crippen LogP contribution in [0.2, 0.25) is 0 Å². The third-order valence-corrected chi connectivity index (χ3v) is 4.90. The monoisotopic (exact) mass is 413 g/mol. The van der Waals surface area contributed by atoms with Crippen molar-refractivity contribution >= 4 is 34.0 Å². The minimum Gasteiger partial charge on any atom is -0.464 e. The number of rotatable bonds is 4. The van der Waals surface area contributed by atoms with Crippen LogP contribution in [-0.2, 0) is 4.74 Å². The average Bonchev–Trinajstić information content (AvgIpc) is 3.22. The second-order valence-electron chi connectivity index (χ2n) is 6.89. The molecular weight excluding hydrogens is 397 g/mol. The number of fused-ring (bicyclic) bond motifs is 2. The molecule has 0 amide bonds. The number of methoxy groups -OCH3 is 1. The third kappa shape index (κ3) is 3.55. The molecule has 31 heavy (non-hydrogen) atoms. The summed E-state index contributed by atoms with van der Waals surface area (Å²) in [7, 11) is 1.32. The maximum Gasteiger partial charge on any atom is 0.358 e. The number of hydrogen-bond donors (Lipinski definition) is 1. The van der Waals surface area contributed by atoms with Crippen molar-refractivity contribution in [3.63, 3.8) is 0 Å². The molecule has 0 aliphatic rings. The predicted octanol–water partition coefficient (Wildman–Crippen LogP) is 4.61. The van der Waals surface area contributed by atoms with Gasteiger partial charge < -0.3 is 14.5 Å². The lowest BCUT2D eigenvalue weighted by Crippen LogP contribution is -2.00. The lowest BCUT2D eigenvalue weighted by molar-refractivity contribution is 0.0595. The standard InChI is InChI=1S/C23H16FN5O2/c1-31-23(30)20-12-29-11-15(6-8-21(29)28-20)14-5-7-19-18(9-14)22(26-13-25-19)27-17-4-2-3-16(24)10-17/h2-13H,1H3,(H,25,26,27). The molecule has 0 spiro atoms. The minimum atomic E-state index is -0.485. The van der Waals surface area contributed by atoms with Crippen molar-refractivity contribution in [2.75, 3.05) is 12.4 Å². The summed E-state index contributed by atoms with van der Waals surface area (Å²) in [6.07, 6.45) is 4.99. The zero-order chi connectivity index (χ0) is 21.4. The summed E-state index contributed by atoms with van der Waals surface area (Å²) in [6, 6.07) is 15.8. The Hall–Kier alpha value is -4.33. The average molecular weight is 413 g/mol. The number of aromatic nitrogens is 4. The number of esters is 1. The Bertz CT molecular complexity index is 1450. The fraction of sp³-hybridized carbons (Fsp3) is 0.0435. The SMILES string of the molecule is COC(=O)c1cn2cc(-c3ccc4ncnc(Nc5cccc(F)c5)c4c3)ccc2n1. The first-order chi connectivity index (χ1) is 15.1. The quantitative estimate of drug-likeness (QED) is 0.433. The van der Waals surface area contributed by atoms with Crippen LogP contribution >= 0.6 is 0 Å².